The summed E-state index contributed by atoms with van der Waals surface area (Å²) >= 11 is 0. The number of piperidine rings is 1. The Morgan fingerprint density at radius 2 is 2.00 bits per heavy atom. The topological polar surface area (TPSA) is 93.4 Å². The molecule has 0 aliphatic carbocycles. The number of ether oxygens (including phenoxy) is 1. The maximum Gasteiger partial charge on any atom is 0.258 e. The van der Waals surface area contributed by atoms with Crippen LogP contribution >= 0.6 is 0 Å². The van der Waals surface area contributed by atoms with Gasteiger partial charge >= 0.3 is 0 Å². The van der Waals surface area contributed by atoms with Crippen molar-refractivity contribution in [2.75, 3.05) is 25.1 Å². The van der Waals surface area contributed by atoms with Crippen LogP contribution in [0.15, 0.2) is 47.1 Å². The molecule has 0 atom stereocenters. The maximum absolute atomic E-state index is 12.6. The molecule has 0 spiro atoms. The van der Waals surface area contributed by atoms with E-state index in [0.29, 0.717) is 18.3 Å². The van der Waals surface area contributed by atoms with Gasteiger partial charge in [0.1, 0.15) is 11.6 Å². The molecule has 1 fully saturated rings. The zero-order valence-corrected chi connectivity index (χ0v) is 17.2. The van der Waals surface area contributed by atoms with Crippen LogP contribution in [0.1, 0.15) is 24.2 Å². The summed E-state index contributed by atoms with van der Waals surface area (Å²) < 4.78 is 10.4. The first-order valence-electron chi connectivity index (χ1n) is 10.0. The number of benzene rings is 1. The first kappa shape index (κ1) is 19.9. The number of nitrogens with one attached hydrogen (secondary N) is 1. The highest BCUT2D eigenvalue weighted by Gasteiger charge is 2.25. The van der Waals surface area contributed by atoms with Crippen molar-refractivity contribution in [2.24, 2.45) is 5.92 Å². The summed E-state index contributed by atoms with van der Waals surface area (Å²) in [7, 11) is 1.64. The average molecular weight is 407 g/mol. The SMILES string of the molecule is COc1ccc(CNC(=O)C2CCN(c3cc(-c4nc(C)no4)ccn3)CC2)cc1. The minimum Gasteiger partial charge on any atom is -0.497 e. The number of carbonyl (C=O) groups is 1. The van der Waals surface area contributed by atoms with Crippen molar-refractivity contribution in [3.8, 4) is 17.2 Å². The smallest absolute Gasteiger partial charge is 0.258 e. The second-order valence-electron chi connectivity index (χ2n) is 7.38. The van der Waals surface area contributed by atoms with Gasteiger partial charge in [0, 0.05) is 37.3 Å². The van der Waals surface area contributed by atoms with E-state index in [4.69, 9.17) is 9.26 Å². The van der Waals surface area contributed by atoms with Crippen LogP contribution in [0.25, 0.3) is 11.5 Å². The number of hydrogen-bond donors (Lipinski definition) is 1. The molecular formula is C22H25N5O3. The number of pyridine rings is 1. The first-order chi connectivity index (χ1) is 14.6. The van der Waals surface area contributed by atoms with Crippen LogP contribution in [-0.2, 0) is 11.3 Å². The Kier molecular flexibility index (Phi) is 5.92. The number of anilines is 1. The summed E-state index contributed by atoms with van der Waals surface area (Å²) in [6, 6.07) is 11.5. The van der Waals surface area contributed by atoms with Crippen LogP contribution in [0.2, 0.25) is 0 Å². The monoisotopic (exact) mass is 407 g/mol. The van der Waals surface area contributed by atoms with E-state index in [2.05, 4.69) is 25.3 Å². The number of nitrogens with zero attached hydrogens (tertiary/aromatic N) is 4. The quantitative estimate of drug-likeness (QED) is 0.671. The molecule has 1 aliphatic heterocycles. The molecular weight excluding hydrogens is 382 g/mol. The van der Waals surface area contributed by atoms with Gasteiger partial charge in [-0.05, 0) is 49.6 Å². The lowest BCUT2D eigenvalue weighted by atomic mass is 9.95. The van der Waals surface area contributed by atoms with Gasteiger partial charge in [0.15, 0.2) is 5.82 Å². The van der Waals surface area contributed by atoms with Crippen molar-refractivity contribution in [1.82, 2.24) is 20.4 Å². The van der Waals surface area contributed by atoms with E-state index in [-0.39, 0.29) is 11.8 Å². The van der Waals surface area contributed by atoms with Crippen LogP contribution < -0.4 is 15.0 Å². The number of amides is 1. The van der Waals surface area contributed by atoms with E-state index in [0.717, 1.165) is 48.6 Å². The normalized spacial score (nSPS) is 14.5. The van der Waals surface area contributed by atoms with Gasteiger partial charge in [-0.25, -0.2) is 4.98 Å². The molecule has 0 bridgehead atoms. The Morgan fingerprint density at radius 3 is 2.67 bits per heavy atom. The lowest BCUT2D eigenvalue weighted by Crippen LogP contribution is -2.40. The Bertz CT molecular complexity index is 994. The van der Waals surface area contributed by atoms with E-state index in [9.17, 15) is 4.79 Å². The van der Waals surface area contributed by atoms with Crippen LogP contribution in [0.4, 0.5) is 5.82 Å². The molecule has 156 valence electrons. The van der Waals surface area contributed by atoms with E-state index in [1.54, 1.807) is 20.2 Å². The standard InChI is InChI=1S/C22H25N5O3/c1-15-25-22(30-26-15)18-7-10-23-20(13-18)27-11-8-17(9-12-27)21(28)24-14-16-3-5-19(29-2)6-4-16/h3-7,10,13,17H,8-9,11-12,14H2,1-2H3,(H,24,28). The summed E-state index contributed by atoms with van der Waals surface area (Å²) in [5.74, 6) is 2.88. The molecule has 1 aromatic carbocycles. The minimum absolute atomic E-state index is 0.0151. The Morgan fingerprint density at radius 1 is 1.23 bits per heavy atom. The maximum atomic E-state index is 12.6. The highest BCUT2D eigenvalue weighted by molar-refractivity contribution is 5.79. The van der Waals surface area contributed by atoms with Crippen molar-refractivity contribution >= 4 is 11.7 Å². The minimum atomic E-state index is 0.0151. The molecule has 1 aliphatic rings. The zero-order valence-electron chi connectivity index (χ0n) is 17.2. The van der Waals surface area contributed by atoms with Gasteiger partial charge < -0.3 is 19.5 Å². The molecule has 0 unspecified atom stereocenters. The predicted molar refractivity (Wildman–Crippen MR) is 112 cm³/mol. The van der Waals surface area contributed by atoms with E-state index >= 15 is 0 Å². The van der Waals surface area contributed by atoms with Gasteiger partial charge in [-0.15, -0.1) is 0 Å². The Balaban J connectivity index is 1.30. The van der Waals surface area contributed by atoms with Crippen LogP contribution in [0.3, 0.4) is 0 Å². The number of carbonyl (C=O) groups excluding carboxylic acids is 1. The molecule has 30 heavy (non-hydrogen) atoms. The predicted octanol–water partition coefficient (Wildman–Crippen LogP) is 2.98. The van der Waals surface area contributed by atoms with E-state index < -0.39 is 0 Å². The third-order valence-corrected chi connectivity index (χ3v) is 5.34. The largest absolute Gasteiger partial charge is 0.497 e. The third-order valence-electron chi connectivity index (χ3n) is 5.34. The van der Waals surface area contributed by atoms with Gasteiger partial charge in [0.25, 0.3) is 5.89 Å². The number of methoxy groups -OCH3 is 1. The van der Waals surface area contributed by atoms with Crippen LogP contribution in [0, 0.1) is 12.8 Å². The average Bonchev–Trinajstić information content (AvgIpc) is 3.24. The van der Waals surface area contributed by atoms with Crippen molar-refractivity contribution < 1.29 is 14.1 Å². The highest BCUT2D eigenvalue weighted by Crippen LogP contribution is 2.26. The van der Waals surface area contributed by atoms with E-state index in [1.165, 1.54) is 0 Å². The summed E-state index contributed by atoms with van der Waals surface area (Å²) in [5.41, 5.74) is 1.90. The summed E-state index contributed by atoms with van der Waals surface area (Å²) in [5, 5.41) is 6.89. The molecule has 3 aromatic rings. The number of rotatable bonds is 6. The zero-order chi connectivity index (χ0) is 20.9. The molecule has 0 saturated carbocycles. The molecule has 8 heteroatoms. The molecule has 1 N–H and O–H groups in total. The number of aromatic nitrogens is 3. The molecule has 4 rings (SSSR count). The fourth-order valence-electron chi connectivity index (χ4n) is 3.59. The lowest BCUT2D eigenvalue weighted by Gasteiger charge is -2.32. The third kappa shape index (κ3) is 4.59. The first-order valence-corrected chi connectivity index (χ1v) is 10.0. The fraction of sp³-hybridized carbons (Fsp3) is 0.364. The van der Waals surface area contributed by atoms with Gasteiger partial charge in [-0.2, -0.15) is 4.98 Å². The van der Waals surface area contributed by atoms with E-state index in [1.807, 2.05) is 36.4 Å². The van der Waals surface area contributed by atoms with Crippen LogP contribution in [-0.4, -0.2) is 41.2 Å². The highest BCUT2D eigenvalue weighted by atomic mass is 16.5. The fourth-order valence-corrected chi connectivity index (χ4v) is 3.59. The molecule has 3 heterocycles. The second kappa shape index (κ2) is 8.94. The molecule has 2 aromatic heterocycles. The molecule has 8 nitrogen and oxygen atoms in total. The Labute approximate surface area is 175 Å². The van der Waals surface area contributed by atoms with Crippen molar-refractivity contribution in [3.05, 3.63) is 54.0 Å². The van der Waals surface area contributed by atoms with Crippen molar-refractivity contribution in [3.63, 3.8) is 0 Å². The molecule has 0 radical (unpaired) electrons. The van der Waals surface area contributed by atoms with Gasteiger partial charge in [0.2, 0.25) is 5.91 Å². The molecule has 1 amide bonds. The second-order valence-corrected chi connectivity index (χ2v) is 7.38. The van der Waals surface area contributed by atoms with Crippen LogP contribution in [0.5, 0.6) is 5.75 Å². The number of hydrogen-bond acceptors (Lipinski definition) is 7. The van der Waals surface area contributed by atoms with Gasteiger partial charge in [-0.3, -0.25) is 4.79 Å². The lowest BCUT2D eigenvalue weighted by molar-refractivity contribution is -0.125. The number of aryl methyl sites for hydroxylation is 1. The van der Waals surface area contributed by atoms with Crippen molar-refractivity contribution in [1.29, 1.82) is 0 Å². The summed E-state index contributed by atoms with van der Waals surface area (Å²) in [6.45, 7) is 3.87. The molecule has 1 saturated heterocycles. The van der Waals surface area contributed by atoms with Crippen molar-refractivity contribution in [2.45, 2.75) is 26.3 Å². The summed E-state index contributed by atoms with van der Waals surface area (Å²) in [4.78, 5) is 23.5. The Hall–Kier alpha value is -3.42. The van der Waals surface area contributed by atoms with Gasteiger partial charge in [0.05, 0.1) is 7.11 Å². The van der Waals surface area contributed by atoms with Gasteiger partial charge in [-0.1, -0.05) is 17.3 Å². The summed E-state index contributed by atoms with van der Waals surface area (Å²) in [6.07, 6.45) is 3.33.